The molecule has 1 aromatic heterocycles. The van der Waals surface area contributed by atoms with Crippen LogP contribution in [0.4, 0.5) is 17.1 Å². The van der Waals surface area contributed by atoms with Crippen LogP contribution in [-0.4, -0.2) is 4.57 Å². The monoisotopic (exact) mass is 911 g/mol. The first-order valence-corrected chi connectivity index (χ1v) is 25.3. The molecule has 348 valence electrons. The third-order valence-corrected chi connectivity index (χ3v) is 14.9. The Hall–Kier alpha value is -7.16. The lowest BCUT2D eigenvalue weighted by Crippen LogP contribution is -2.19. The van der Waals surface area contributed by atoms with Crippen molar-refractivity contribution < 1.29 is 0 Å². The Labute approximate surface area is 415 Å². The van der Waals surface area contributed by atoms with Crippen LogP contribution in [0.3, 0.4) is 0 Å². The van der Waals surface area contributed by atoms with Gasteiger partial charge < -0.3 is 9.47 Å². The number of fused-ring (bicyclic) bond motifs is 3. The van der Waals surface area contributed by atoms with Gasteiger partial charge in [0, 0.05) is 32.8 Å². The zero-order chi connectivity index (χ0) is 49.1. The fourth-order valence-corrected chi connectivity index (χ4v) is 10.8. The third kappa shape index (κ3) is 7.73. The molecule has 0 atom stereocenters. The summed E-state index contributed by atoms with van der Waals surface area (Å²) < 4.78 is 2.54. The third-order valence-electron chi connectivity index (χ3n) is 14.9. The molecule has 0 spiro atoms. The number of anilines is 3. The highest BCUT2D eigenvalue weighted by molar-refractivity contribution is 6.27. The molecule has 0 bridgehead atoms. The Morgan fingerprint density at radius 1 is 0.329 bits per heavy atom. The molecular formula is C68H66N2. The summed E-state index contributed by atoms with van der Waals surface area (Å²) in [7, 11) is 0. The van der Waals surface area contributed by atoms with Crippen LogP contribution < -0.4 is 4.90 Å². The highest BCUT2D eigenvalue weighted by atomic mass is 15.1. The summed E-state index contributed by atoms with van der Waals surface area (Å²) in [5, 5.41) is 10.1. The normalized spacial score (nSPS) is 12.9. The molecule has 0 N–H and O–H groups in total. The molecular weight excluding hydrogens is 845 g/mol. The first-order chi connectivity index (χ1) is 33.2. The van der Waals surface area contributed by atoms with Crippen molar-refractivity contribution in [1.29, 1.82) is 0 Å². The van der Waals surface area contributed by atoms with Crippen molar-refractivity contribution in [3.8, 4) is 27.9 Å². The van der Waals surface area contributed by atoms with E-state index < -0.39 is 0 Å². The van der Waals surface area contributed by atoms with E-state index in [0.717, 1.165) is 17.1 Å². The summed E-state index contributed by atoms with van der Waals surface area (Å²) in [5.41, 5.74) is 17.1. The number of benzene rings is 10. The Morgan fingerprint density at radius 3 is 1.36 bits per heavy atom. The van der Waals surface area contributed by atoms with E-state index in [2.05, 4.69) is 275 Å². The molecule has 0 aliphatic heterocycles. The van der Waals surface area contributed by atoms with Gasteiger partial charge in [0.05, 0.1) is 28.1 Å². The molecule has 0 saturated carbocycles. The SMILES string of the molecule is CC(C)(C)c1cc(N(c2cc(-c3ccccc3)ccc2-c2ccccc2)c2ccc3ccc4c(-n5c6ccc(C(C)(C)C)cc6c6cc(C(C)(C)C)ccc65)ccc5ccc2c3c54)cc(C(C)(C)C)c1. The maximum absolute atomic E-state index is 2.58. The van der Waals surface area contributed by atoms with Gasteiger partial charge in [-0.05, 0) is 137 Å². The lowest BCUT2D eigenvalue weighted by atomic mass is 9.80. The van der Waals surface area contributed by atoms with Crippen LogP contribution >= 0.6 is 0 Å². The standard InChI is InChI=1S/C68H66N2/c1-65(2,3)48-28-35-60-56(41-48)57-42-49(66(4,5)6)29-36-61(57)70(60)59-34-27-46-23-31-54-58(33-26-45-24-32-55(59)64(46)63(45)54)69(52-39-50(67(7,8)9)38-51(40-52)68(10,11)12)62-37-47(43-19-15-13-16-20-43)25-30-53(62)44-21-17-14-18-22-44/h13-42H,1-12H3. The largest absolute Gasteiger partial charge is 0.309 e. The van der Waals surface area contributed by atoms with E-state index in [-0.39, 0.29) is 21.7 Å². The molecule has 70 heavy (non-hydrogen) atoms. The molecule has 11 aromatic rings. The van der Waals surface area contributed by atoms with Crippen molar-refractivity contribution in [3.05, 3.63) is 204 Å². The molecule has 2 nitrogen and oxygen atoms in total. The van der Waals surface area contributed by atoms with Crippen LogP contribution in [0.25, 0.3) is 82.1 Å². The quantitative estimate of drug-likeness (QED) is 0.151. The van der Waals surface area contributed by atoms with Gasteiger partial charge in [-0.2, -0.15) is 0 Å². The van der Waals surface area contributed by atoms with Crippen molar-refractivity contribution in [3.63, 3.8) is 0 Å². The maximum Gasteiger partial charge on any atom is 0.0546 e. The minimum atomic E-state index is -0.0790. The Bertz CT molecular complexity index is 3680. The van der Waals surface area contributed by atoms with Gasteiger partial charge in [-0.25, -0.2) is 0 Å². The highest BCUT2D eigenvalue weighted by Gasteiger charge is 2.28. The van der Waals surface area contributed by atoms with Gasteiger partial charge >= 0.3 is 0 Å². The molecule has 0 unspecified atom stereocenters. The van der Waals surface area contributed by atoms with Crippen molar-refractivity contribution in [2.75, 3.05) is 4.90 Å². The summed E-state index contributed by atoms with van der Waals surface area (Å²) >= 11 is 0. The minimum Gasteiger partial charge on any atom is -0.309 e. The summed E-state index contributed by atoms with van der Waals surface area (Å²) in [4.78, 5) is 2.58. The average Bonchev–Trinajstić information content (AvgIpc) is 3.66. The smallest absolute Gasteiger partial charge is 0.0546 e. The fraction of sp³-hybridized carbons (Fsp3) is 0.235. The molecule has 11 rings (SSSR count). The van der Waals surface area contributed by atoms with Crippen molar-refractivity contribution in [1.82, 2.24) is 4.57 Å². The zero-order valence-corrected chi connectivity index (χ0v) is 43.2. The zero-order valence-electron chi connectivity index (χ0n) is 43.2. The van der Waals surface area contributed by atoms with E-state index in [4.69, 9.17) is 0 Å². The summed E-state index contributed by atoms with van der Waals surface area (Å²) in [6.45, 7) is 27.9. The molecule has 0 saturated heterocycles. The summed E-state index contributed by atoms with van der Waals surface area (Å²) in [5.74, 6) is 0. The fourth-order valence-electron chi connectivity index (χ4n) is 10.8. The van der Waals surface area contributed by atoms with E-state index >= 15 is 0 Å². The van der Waals surface area contributed by atoms with Gasteiger partial charge in [-0.15, -0.1) is 0 Å². The van der Waals surface area contributed by atoms with Gasteiger partial charge in [0.1, 0.15) is 0 Å². The Morgan fingerprint density at radius 2 is 0.814 bits per heavy atom. The van der Waals surface area contributed by atoms with Gasteiger partial charge in [-0.3, -0.25) is 0 Å². The van der Waals surface area contributed by atoms with E-state index in [9.17, 15) is 0 Å². The predicted molar refractivity (Wildman–Crippen MR) is 305 cm³/mol. The first kappa shape index (κ1) is 45.3. The van der Waals surface area contributed by atoms with Crippen molar-refractivity contribution >= 4 is 71.2 Å². The molecule has 10 aromatic carbocycles. The lowest BCUT2D eigenvalue weighted by Gasteiger charge is -2.33. The first-order valence-electron chi connectivity index (χ1n) is 25.3. The molecule has 0 fully saturated rings. The van der Waals surface area contributed by atoms with E-state index in [1.54, 1.807) is 0 Å². The predicted octanol–water partition coefficient (Wildman–Crippen LogP) is 19.7. The topological polar surface area (TPSA) is 8.17 Å². The second kappa shape index (κ2) is 16.2. The van der Waals surface area contributed by atoms with Crippen LogP contribution in [0.2, 0.25) is 0 Å². The number of hydrogen-bond acceptors (Lipinski definition) is 1. The van der Waals surface area contributed by atoms with Crippen molar-refractivity contribution in [2.45, 2.75) is 105 Å². The van der Waals surface area contributed by atoms with Crippen LogP contribution in [0.15, 0.2) is 182 Å². The van der Waals surface area contributed by atoms with Crippen LogP contribution in [0.1, 0.15) is 105 Å². The maximum atomic E-state index is 2.58. The molecule has 1 heterocycles. The number of aromatic nitrogens is 1. The van der Waals surface area contributed by atoms with Gasteiger partial charge in [0.2, 0.25) is 0 Å². The van der Waals surface area contributed by atoms with Crippen LogP contribution in [0, 0.1) is 0 Å². The Kier molecular flexibility index (Phi) is 10.5. The van der Waals surface area contributed by atoms with E-state index in [0.29, 0.717) is 0 Å². The second-order valence-electron chi connectivity index (χ2n) is 24.0. The highest BCUT2D eigenvalue weighted by Crippen LogP contribution is 2.50. The lowest BCUT2D eigenvalue weighted by molar-refractivity contribution is 0.569. The number of nitrogens with zero attached hydrogens (tertiary/aromatic N) is 2. The van der Waals surface area contributed by atoms with Crippen LogP contribution in [0.5, 0.6) is 0 Å². The minimum absolute atomic E-state index is 0.0237. The molecule has 0 radical (unpaired) electrons. The molecule has 2 heteroatoms. The van der Waals surface area contributed by atoms with Crippen LogP contribution in [-0.2, 0) is 21.7 Å². The van der Waals surface area contributed by atoms with E-state index in [1.807, 2.05) is 0 Å². The molecule has 0 amide bonds. The number of rotatable bonds is 6. The van der Waals surface area contributed by atoms with Gasteiger partial charge in [0.15, 0.2) is 0 Å². The molecule has 0 aliphatic rings. The average molecular weight is 911 g/mol. The van der Waals surface area contributed by atoms with Crippen molar-refractivity contribution in [2.24, 2.45) is 0 Å². The number of hydrogen-bond donors (Lipinski definition) is 0. The van der Waals surface area contributed by atoms with Gasteiger partial charge in [-0.1, -0.05) is 210 Å². The summed E-state index contributed by atoms with van der Waals surface area (Å²) in [6, 6.07) is 69.4. The molecule has 0 aliphatic carbocycles. The van der Waals surface area contributed by atoms with Gasteiger partial charge in [0.25, 0.3) is 0 Å². The summed E-state index contributed by atoms with van der Waals surface area (Å²) in [6.07, 6.45) is 0. The Balaban J connectivity index is 1.23. The second-order valence-corrected chi connectivity index (χ2v) is 24.0. The van der Waals surface area contributed by atoms with E-state index in [1.165, 1.54) is 104 Å².